The fraction of sp³-hybridized carbons (Fsp3) is 0.420. The molecule has 9 rings (SSSR count). The average molecular weight is 970 g/mol. The zero-order valence-corrected chi connectivity index (χ0v) is 40.0. The Morgan fingerprint density at radius 1 is 0.915 bits per heavy atom. The number of imide groups is 1. The molecule has 0 radical (unpaired) electrons. The molecule has 3 fully saturated rings. The minimum Gasteiger partial charge on any atom is -0.445 e. The van der Waals surface area contributed by atoms with Crippen LogP contribution in [0.4, 0.5) is 15.3 Å². The number of amides is 8. The highest BCUT2D eigenvalue weighted by atomic mass is 16.6. The molecule has 7 N–H and O–H groups in total. The lowest BCUT2D eigenvalue weighted by Crippen LogP contribution is -2.69. The number of hydrogen-bond acceptors (Lipinski definition) is 12. The fourth-order valence-electron chi connectivity index (χ4n) is 9.22. The van der Waals surface area contributed by atoms with Gasteiger partial charge >= 0.3 is 12.1 Å². The number of urea groups is 1. The molecule has 372 valence electrons. The number of carbonyl (C=O) groups excluding carboxylic acids is 7. The van der Waals surface area contributed by atoms with Gasteiger partial charge in [0.05, 0.1) is 17.9 Å². The van der Waals surface area contributed by atoms with Crippen molar-refractivity contribution in [2.45, 2.75) is 109 Å². The predicted molar refractivity (Wildman–Crippen MR) is 259 cm³/mol. The summed E-state index contributed by atoms with van der Waals surface area (Å²) in [6.07, 6.45) is 10.2. The molecule has 0 unspecified atom stereocenters. The molecule has 1 aliphatic heterocycles. The quantitative estimate of drug-likeness (QED) is 0.0385. The number of nitrogens with one attached hydrogen (secondary N) is 5. The van der Waals surface area contributed by atoms with Crippen LogP contribution in [0.3, 0.4) is 0 Å². The summed E-state index contributed by atoms with van der Waals surface area (Å²) >= 11 is 0. The van der Waals surface area contributed by atoms with Crippen LogP contribution in [0.5, 0.6) is 0 Å². The summed E-state index contributed by atoms with van der Waals surface area (Å²) in [5.41, 5.74) is 10.5. The summed E-state index contributed by atoms with van der Waals surface area (Å²) in [5, 5.41) is 15.2. The number of H-pyrrole nitrogens is 1. The van der Waals surface area contributed by atoms with Crippen molar-refractivity contribution < 1.29 is 38.3 Å². The third-order valence-corrected chi connectivity index (χ3v) is 13.2. The number of ether oxygens (including phenoxy) is 1. The molecule has 2 bridgehead atoms. The Bertz CT molecular complexity index is 2800. The first-order valence-electron chi connectivity index (χ1n) is 24.0. The Hall–Kier alpha value is -7.97. The molecule has 5 aromatic rings. The van der Waals surface area contributed by atoms with Gasteiger partial charge in [-0.1, -0.05) is 38.5 Å². The summed E-state index contributed by atoms with van der Waals surface area (Å²) in [4.78, 5) is 110. The molecule has 3 saturated carbocycles. The Morgan fingerprint density at radius 3 is 2.37 bits per heavy atom. The average Bonchev–Trinajstić information content (AvgIpc) is 4.05. The number of aromatic nitrogens is 6. The van der Waals surface area contributed by atoms with Crippen LogP contribution in [0.25, 0.3) is 28.3 Å². The zero-order valence-electron chi connectivity index (χ0n) is 40.0. The number of primary amides is 1. The number of aromatic amines is 1. The van der Waals surface area contributed by atoms with Crippen molar-refractivity contribution in [3.8, 4) is 22.6 Å². The molecule has 5 heterocycles. The molecule has 4 aromatic heterocycles. The minimum atomic E-state index is -1.05. The van der Waals surface area contributed by atoms with E-state index in [1.165, 1.54) is 18.5 Å². The molecular formula is C50H59N13O8. The summed E-state index contributed by atoms with van der Waals surface area (Å²) < 4.78 is 7.65. The zero-order chi connectivity index (χ0) is 50.2. The molecule has 21 nitrogen and oxygen atoms in total. The molecule has 4 aliphatic rings. The first-order chi connectivity index (χ1) is 34.1. The standard InChI is InChI=1S/C50H59N13O8/c1-30(2)43(60-40(64)12-5-4-6-22-61-41(65)19-20-42(61)66)47(68)57-37(11-8-21-52-48(51)69)46(67)56-35-16-13-32(14-17-35)28-71-49(70)62(50-23-33(24-50)25-50)27-38-58-44(34-15-18-39-53-29-54-63(39)26-34)45(59-38)36-10-7-9-31(3)55-36/h7,9-10,13-20,26,29-30,33,37,43H,4-6,8,11-12,21-25,27-28H2,1-3H3,(H,56,67)(H,57,68)(H,58,59)(H,60,64)(H3,51,52,69)/t33?,37-,43-,50?/m0/s1. The number of unbranched alkanes of at least 4 members (excludes halogenated alkanes) is 2. The molecule has 2 atom stereocenters. The van der Waals surface area contributed by atoms with Gasteiger partial charge in [0.1, 0.15) is 36.5 Å². The van der Waals surface area contributed by atoms with E-state index in [0.29, 0.717) is 65.7 Å². The Labute approximate surface area is 409 Å². The van der Waals surface area contributed by atoms with Crippen molar-refractivity contribution in [3.05, 3.63) is 96.4 Å². The second kappa shape index (κ2) is 21.8. The molecule has 0 saturated heterocycles. The van der Waals surface area contributed by atoms with Crippen LogP contribution in [-0.4, -0.2) is 112 Å². The van der Waals surface area contributed by atoms with Crippen molar-refractivity contribution in [2.75, 3.05) is 18.4 Å². The van der Waals surface area contributed by atoms with E-state index in [0.717, 1.165) is 41.1 Å². The van der Waals surface area contributed by atoms with Gasteiger partial charge in [-0.2, -0.15) is 5.10 Å². The van der Waals surface area contributed by atoms with E-state index in [4.69, 9.17) is 20.4 Å². The maximum absolute atomic E-state index is 14.0. The van der Waals surface area contributed by atoms with Crippen LogP contribution in [0.1, 0.15) is 88.7 Å². The van der Waals surface area contributed by atoms with Crippen molar-refractivity contribution >= 4 is 53.0 Å². The third-order valence-electron chi connectivity index (χ3n) is 13.2. The normalized spacial score (nSPS) is 17.6. The Morgan fingerprint density at radius 2 is 1.68 bits per heavy atom. The van der Waals surface area contributed by atoms with Gasteiger partial charge in [0.15, 0.2) is 5.65 Å². The van der Waals surface area contributed by atoms with Crippen molar-refractivity contribution in [1.29, 1.82) is 0 Å². The topological polar surface area (TPSA) is 281 Å². The van der Waals surface area contributed by atoms with Gasteiger partial charge in [-0.15, -0.1) is 0 Å². The molecule has 3 aliphatic carbocycles. The lowest BCUT2D eigenvalue weighted by molar-refractivity contribution is -0.137. The van der Waals surface area contributed by atoms with E-state index in [2.05, 4.69) is 36.3 Å². The number of fused-ring (bicyclic) bond motifs is 1. The molecule has 71 heavy (non-hydrogen) atoms. The van der Waals surface area contributed by atoms with Crippen LogP contribution in [-0.2, 0) is 41.9 Å². The largest absolute Gasteiger partial charge is 0.445 e. The smallest absolute Gasteiger partial charge is 0.410 e. The number of nitrogens with zero attached hydrogens (tertiary/aromatic N) is 7. The summed E-state index contributed by atoms with van der Waals surface area (Å²) in [6.45, 7) is 6.06. The second-order valence-corrected chi connectivity index (χ2v) is 18.8. The number of benzene rings is 1. The number of imidazole rings is 1. The lowest BCUT2D eigenvalue weighted by Gasteiger charge is -2.65. The summed E-state index contributed by atoms with van der Waals surface area (Å²) in [5.74, 6) is -1.30. The number of aryl methyl sites for hydroxylation is 1. The van der Waals surface area contributed by atoms with Crippen molar-refractivity contribution in [3.63, 3.8) is 0 Å². The Balaban J connectivity index is 0.875. The fourth-order valence-corrected chi connectivity index (χ4v) is 9.22. The van der Waals surface area contributed by atoms with Gasteiger partial charge in [0.2, 0.25) is 17.7 Å². The second-order valence-electron chi connectivity index (χ2n) is 18.8. The minimum absolute atomic E-state index is 0.0327. The Kier molecular flexibility index (Phi) is 15.2. The highest BCUT2D eigenvalue weighted by Crippen LogP contribution is 2.61. The van der Waals surface area contributed by atoms with Crippen LogP contribution in [0.2, 0.25) is 0 Å². The highest BCUT2D eigenvalue weighted by molar-refractivity contribution is 6.12. The van der Waals surface area contributed by atoms with Crippen molar-refractivity contribution in [2.24, 2.45) is 17.6 Å². The maximum atomic E-state index is 14.0. The van der Waals surface area contributed by atoms with E-state index < -0.39 is 36.0 Å². The van der Waals surface area contributed by atoms with E-state index in [-0.39, 0.29) is 68.3 Å². The first-order valence-corrected chi connectivity index (χ1v) is 24.0. The summed E-state index contributed by atoms with van der Waals surface area (Å²) in [6, 6.07) is 13.7. The molecule has 1 aromatic carbocycles. The van der Waals surface area contributed by atoms with Crippen LogP contribution in [0.15, 0.2) is 79.3 Å². The van der Waals surface area contributed by atoms with Gasteiger partial charge in [0, 0.05) is 60.3 Å². The van der Waals surface area contributed by atoms with Crippen molar-refractivity contribution in [1.82, 2.24) is 55.3 Å². The third kappa shape index (κ3) is 11.9. The summed E-state index contributed by atoms with van der Waals surface area (Å²) in [7, 11) is 0. The van der Waals surface area contributed by atoms with Gasteiger partial charge < -0.3 is 36.7 Å². The highest BCUT2D eigenvalue weighted by Gasteiger charge is 2.61. The molecule has 0 spiro atoms. The van der Waals surface area contributed by atoms with Gasteiger partial charge in [0.25, 0.3) is 11.8 Å². The lowest BCUT2D eigenvalue weighted by atomic mass is 9.49. The number of carbonyl (C=O) groups is 7. The van der Waals surface area contributed by atoms with Gasteiger partial charge in [-0.25, -0.2) is 24.1 Å². The maximum Gasteiger partial charge on any atom is 0.410 e. The number of hydrogen-bond donors (Lipinski definition) is 6. The monoisotopic (exact) mass is 969 g/mol. The van der Waals surface area contributed by atoms with Gasteiger partial charge in [-0.3, -0.25) is 38.8 Å². The molecular weight excluding hydrogens is 911 g/mol. The van der Waals surface area contributed by atoms with E-state index in [9.17, 15) is 33.6 Å². The van der Waals surface area contributed by atoms with Gasteiger partial charge in [-0.05, 0) is 106 Å². The van der Waals surface area contributed by atoms with E-state index in [1.807, 2.05) is 43.5 Å². The number of rotatable bonds is 23. The first kappa shape index (κ1) is 49.5. The predicted octanol–water partition coefficient (Wildman–Crippen LogP) is 4.68. The van der Waals surface area contributed by atoms with E-state index in [1.54, 1.807) is 47.5 Å². The van der Waals surface area contributed by atoms with Crippen LogP contribution in [0, 0.1) is 18.8 Å². The van der Waals surface area contributed by atoms with Crippen LogP contribution >= 0.6 is 0 Å². The van der Waals surface area contributed by atoms with Crippen LogP contribution < -0.4 is 27.0 Å². The SMILES string of the molecule is Cc1cccc(-c2nc(CN(C(=O)OCc3ccc(NC(=O)[C@H](CCCNC(N)=O)NC(=O)[C@@H](NC(=O)CCCCCN4C(=O)C=CC4=O)C(C)C)cc3)C34CC(C3)C4)[nH]c2-c2ccc3ncnn3c2)n1. The number of pyridine rings is 2. The molecule has 8 amide bonds. The number of nitrogens with two attached hydrogens (primary N) is 1. The molecule has 21 heteroatoms. The van der Waals surface area contributed by atoms with E-state index >= 15 is 0 Å². The number of anilines is 1.